The highest BCUT2D eigenvalue weighted by Gasteiger charge is 2.17. The van der Waals surface area contributed by atoms with Crippen LogP contribution in [-0.4, -0.2) is 42.1 Å². The number of imidazole rings is 1. The van der Waals surface area contributed by atoms with Crippen LogP contribution in [0, 0.1) is 10.1 Å². The second-order valence-electron chi connectivity index (χ2n) is 6.99. The van der Waals surface area contributed by atoms with Crippen molar-refractivity contribution in [3.05, 3.63) is 70.3 Å². The van der Waals surface area contributed by atoms with Crippen molar-refractivity contribution in [1.29, 1.82) is 0 Å². The summed E-state index contributed by atoms with van der Waals surface area (Å²) in [6.07, 6.45) is 0. The van der Waals surface area contributed by atoms with Crippen LogP contribution in [-0.2, 0) is 0 Å². The molecule has 1 heterocycles. The third kappa shape index (κ3) is 4.26. The molecule has 10 heteroatoms. The van der Waals surface area contributed by atoms with E-state index in [0.717, 1.165) is 5.56 Å². The largest absolute Gasteiger partial charge is 0.493 e. The van der Waals surface area contributed by atoms with Gasteiger partial charge < -0.3 is 24.5 Å². The molecule has 0 aliphatic heterocycles. The van der Waals surface area contributed by atoms with E-state index in [1.165, 1.54) is 33.5 Å². The Kier molecular flexibility index (Phi) is 5.81. The number of aromatic nitrogens is 2. The standard InChI is InChI=1S/C23H20N4O6/c1-31-19-10-14(11-20(32-2)21(19)33-3)23(28)24-15-6-4-13(5-7-15)22-25-17-9-8-16(27(29)30)12-18(17)26-22/h4-12H,1-3H3,(H,24,28)(H,25,26). The molecule has 10 nitrogen and oxygen atoms in total. The molecule has 3 aromatic carbocycles. The van der Waals surface area contributed by atoms with Crippen LogP contribution in [0.5, 0.6) is 17.2 Å². The number of nitrogens with one attached hydrogen (secondary N) is 2. The van der Waals surface area contributed by atoms with Crippen molar-refractivity contribution in [2.24, 2.45) is 0 Å². The van der Waals surface area contributed by atoms with Crippen molar-refractivity contribution in [2.75, 3.05) is 26.6 Å². The Balaban J connectivity index is 1.55. The van der Waals surface area contributed by atoms with Gasteiger partial charge in [-0.15, -0.1) is 0 Å². The second-order valence-corrected chi connectivity index (χ2v) is 6.99. The molecule has 4 rings (SSSR count). The molecule has 0 unspecified atom stereocenters. The molecular formula is C23H20N4O6. The normalized spacial score (nSPS) is 10.6. The number of benzene rings is 3. The minimum absolute atomic E-state index is 0.0115. The van der Waals surface area contributed by atoms with Gasteiger partial charge in [-0.2, -0.15) is 0 Å². The van der Waals surface area contributed by atoms with Crippen molar-refractivity contribution in [1.82, 2.24) is 9.97 Å². The molecule has 168 valence electrons. The summed E-state index contributed by atoms with van der Waals surface area (Å²) in [5, 5.41) is 13.8. The van der Waals surface area contributed by atoms with Crippen molar-refractivity contribution in [3.8, 4) is 28.6 Å². The van der Waals surface area contributed by atoms with Crippen LogP contribution in [0.1, 0.15) is 10.4 Å². The Morgan fingerprint density at radius 3 is 2.21 bits per heavy atom. The van der Waals surface area contributed by atoms with Crippen molar-refractivity contribution >= 4 is 28.3 Å². The van der Waals surface area contributed by atoms with Gasteiger partial charge in [0.2, 0.25) is 5.75 Å². The number of carbonyl (C=O) groups is 1. The molecule has 4 aromatic rings. The summed E-state index contributed by atoms with van der Waals surface area (Å²) in [6.45, 7) is 0. The third-order valence-electron chi connectivity index (χ3n) is 5.02. The van der Waals surface area contributed by atoms with Crippen molar-refractivity contribution < 1.29 is 23.9 Å². The number of fused-ring (bicyclic) bond motifs is 1. The molecule has 0 saturated carbocycles. The lowest BCUT2D eigenvalue weighted by Crippen LogP contribution is -2.12. The van der Waals surface area contributed by atoms with Crippen molar-refractivity contribution in [3.63, 3.8) is 0 Å². The van der Waals surface area contributed by atoms with Crippen LogP contribution in [0.3, 0.4) is 0 Å². The Labute approximate surface area is 188 Å². The maximum absolute atomic E-state index is 12.8. The monoisotopic (exact) mass is 448 g/mol. The lowest BCUT2D eigenvalue weighted by atomic mass is 10.1. The zero-order valence-electron chi connectivity index (χ0n) is 18.0. The van der Waals surface area contributed by atoms with E-state index in [1.54, 1.807) is 42.5 Å². The summed E-state index contributed by atoms with van der Waals surface area (Å²) < 4.78 is 15.9. The van der Waals surface area contributed by atoms with E-state index in [2.05, 4.69) is 15.3 Å². The van der Waals surface area contributed by atoms with E-state index in [4.69, 9.17) is 14.2 Å². The fourth-order valence-corrected chi connectivity index (χ4v) is 3.37. The molecule has 1 amide bonds. The van der Waals surface area contributed by atoms with Gasteiger partial charge in [0.15, 0.2) is 11.5 Å². The Bertz CT molecular complexity index is 1320. The topological polar surface area (TPSA) is 129 Å². The Morgan fingerprint density at radius 1 is 0.970 bits per heavy atom. The first kappa shape index (κ1) is 21.6. The van der Waals surface area contributed by atoms with Crippen LogP contribution < -0.4 is 19.5 Å². The minimum atomic E-state index is -0.453. The molecule has 0 bridgehead atoms. The first-order chi connectivity index (χ1) is 15.9. The van der Waals surface area contributed by atoms with Gasteiger partial charge in [0, 0.05) is 28.9 Å². The number of carbonyl (C=O) groups excluding carboxylic acids is 1. The number of ether oxygens (including phenoxy) is 3. The lowest BCUT2D eigenvalue weighted by molar-refractivity contribution is -0.384. The number of anilines is 1. The van der Waals surface area contributed by atoms with Gasteiger partial charge in [-0.25, -0.2) is 4.98 Å². The smallest absolute Gasteiger partial charge is 0.271 e. The van der Waals surface area contributed by atoms with Gasteiger partial charge in [0.1, 0.15) is 5.82 Å². The number of H-pyrrole nitrogens is 1. The maximum Gasteiger partial charge on any atom is 0.271 e. The SMILES string of the molecule is COc1cc(C(=O)Nc2ccc(-c3nc4ccc([N+](=O)[O-])cc4[nH]3)cc2)cc(OC)c1OC. The highest BCUT2D eigenvalue weighted by molar-refractivity contribution is 6.05. The maximum atomic E-state index is 12.8. The molecule has 0 spiro atoms. The summed E-state index contributed by atoms with van der Waals surface area (Å²) in [4.78, 5) is 30.8. The Hall–Kier alpha value is -4.60. The molecule has 0 aliphatic carbocycles. The number of amides is 1. The predicted octanol–water partition coefficient (Wildman–Crippen LogP) is 4.42. The molecular weight excluding hydrogens is 428 g/mol. The van der Waals surface area contributed by atoms with Crippen LogP contribution in [0.2, 0.25) is 0 Å². The summed E-state index contributed by atoms with van der Waals surface area (Å²) in [6, 6.07) is 14.6. The molecule has 1 aromatic heterocycles. The summed E-state index contributed by atoms with van der Waals surface area (Å²) >= 11 is 0. The summed E-state index contributed by atoms with van der Waals surface area (Å²) in [5.74, 6) is 1.37. The first-order valence-corrected chi connectivity index (χ1v) is 9.79. The highest BCUT2D eigenvalue weighted by atomic mass is 16.6. The minimum Gasteiger partial charge on any atom is -0.493 e. The number of rotatable bonds is 7. The van der Waals surface area contributed by atoms with E-state index in [-0.39, 0.29) is 11.6 Å². The first-order valence-electron chi connectivity index (χ1n) is 9.79. The fourth-order valence-electron chi connectivity index (χ4n) is 3.37. The van der Waals surface area contributed by atoms with E-state index in [0.29, 0.717) is 45.4 Å². The highest BCUT2D eigenvalue weighted by Crippen LogP contribution is 2.38. The van der Waals surface area contributed by atoms with Crippen LogP contribution >= 0.6 is 0 Å². The van der Waals surface area contributed by atoms with E-state index in [9.17, 15) is 14.9 Å². The number of nitro benzene ring substituents is 1. The summed E-state index contributed by atoms with van der Waals surface area (Å²) in [7, 11) is 4.45. The third-order valence-corrected chi connectivity index (χ3v) is 5.02. The number of nitro groups is 1. The van der Waals surface area contributed by atoms with Gasteiger partial charge in [-0.3, -0.25) is 14.9 Å². The van der Waals surface area contributed by atoms with Crippen LogP contribution in [0.25, 0.3) is 22.4 Å². The van der Waals surface area contributed by atoms with Gasteiger partial charge >= 0.3 is 0 Å². The Morgan fingerprint density at radius 2 is 1.64 bits per heavy atom. The molecule has 0 saturated heterocycles. The zero-order chi connectivity index (χ0) is 23.5. The molecule has 0 atom stereocenters. The number of aromatic amines is 1. The number of hydrogen-bond acceptors (Lipinski definition) is 7. The van der Waals surface area contributed by atoms with E-state index < -0.39 is 4.92 Å². The van der Waals surface area contributed by atoms with E-state index >= 15 is 0 Å². The van der Waals surface area contributed by atoms with Crippen molar-refractivity contribution in [2.45, 2.75) is 0 Å². The number of methoxy groups -OCH3 is 3. The lowest BCUT2D eigenvalue weighted by Gasteiger charge is -2.14. The average Bonchev–Trinajstić information content (AvgIpc) is 3.26. The summed E-state index contributed by atoms with van der Waals surface area (Å²) in [5.41, 5.74) is 2.85. The molecule has 2 N–H and O–H groups in total. The second kappa shape index (κ2) is 8.87. The van der Waals surface area contributed by atoms with Gasteiger partial charge in [-0.1, -0.05) is 0 Å². The fraction of sp³-hybridized carbons (Fsp3) is 0.130. The van der Waals surface area contributed by atoms with Gasteiger partial charge in [0.25, 0.3) is 11.6 Å². The number of hydrogen-bond donors (Lipinski definition) is 2. The van der Waals surface area contributed by atoms with Gasteiger partial charge in [0.05, 0.1) is 37.3 Å². The molecule has 0 fully saturated rings. The molecule has 0 radical (unpaired) electrons. The number of nitrogens with zero attached hydrogens (tertiary/aromatic N) is 2. The molecule has 33 heavy (non-hydrogen) atoms. The average molecular weight is 448 g/mol. The zero-order valence-corrected chi connectivity index (χ0v) is 18.0. The number of non-ortho nitro benzene ring substituents is 1. The van der Waals surface area contributed by atoms with Crippen LogP contribution in [0.15, 0.2) is 54.6 Å². The predicted molar refractivity (Wildman–Crippen MR) is 122 cm³/mol. The van der Waals surface area contributed by atoms with E-state index in [1.807, 2.05) is 0 Å². The quantitative estimate of drug-likeness (QED) is 0.316. The van der Waals surface area contributed by atoms with Crippen LogP contribution in [0.4, 0.5) is 11.4 Å². The molecule has 0 aliphatic rings. The van der Waals surface area contributed by atoms with Gasteiger partial charge in [-0.05, 0) is 42.5 Å².